The number of hydroxylamine groups is 2. The van der Waals surface area contributed by atoms with Gasteiger partial charge >= 0.3 is 0 Å². The van der Waals surface area contributed by atoms with E-state index in [1.54, 1.807) is 4.90 Å². The monoisotopic (exact) mass is 752 g/mol. The molecule has 0 unspecified atom stereocenters. The molecule has 3 rings (SSSR count). The Labute approximate surface area is 295 Å². The average Bonchev–Trinajstić information content (AvgIpc) is 3.46. The minimum Gasteiger partial charge on any atom is -0.351 e. The summed E-state index contributed by atoms with van der Waals surface area (Å²) in [6, 6.07) is 8.65. The molecule has 0 spiro atoms. The summed E-state index contributed by atoms with van der Waals surface area (Å²) in [6.45, 7) is 17.1. The van der Waals surface area contributed by atoms with Gasteiger partial charge in [-0.05, 0) is 90.0 Å². The van der Waals surface area contributed by atoms with Crippen molar-refractivity contribution in [2.45, 2.75) is 142 Å². The highest BCUT2D eigenvalue weighted by molar-refractivity contribution is 14.0. The van der Waals surface area contributed by atoms with E-state index in [0.717, 1.165) is 31.2 Å². The van der Waals surface area contributed by atoms with Gasteiger partial charge < -0.3 is 20.7 Å². The van der Waals surface area contributed by atoms with Gasteiger partial charge in [0.25, 0.3) is 0 Å². The third-order valence-corrected chi connectivity index (χ3v) is 9.43. The Balaban J connectivity index is 0.00000736. The maximum atomic E-state index is 14.1. The predicted octanol–water partition coefficient (Wildman–Crippen LogP) is 6.89. The summed E-state index contributed by atoms with van der Waals surface area (Å²) in [5.74, 6) is 0.0847. The molecule has 46 heavy (non-hydrogen) atoms. The molecule has 2 aliphatic rings. The molecule has 0 bridgehead atoms. The summed E-state index contributed by atoms with van der Waals surface area (Å²) in [5.41, 5.74) is 0.0974. The zero-order valence-corrected chi connectivity index (χ0v) is 31.9. The van der Waals surface area contributed by atoms with Crippen LogP contribution in [0, 0.1) is 17.8 Å². The molecule has 2 saturated heterocycles. The van der Waals surface area contributed by atoms with Gasteiger partial charge in [-0.15, -0.1) is 24.0 Å². The molecule has 3 amide bonds. The third kappa shape index (κ3) is 11.3. The van der Waals surface area contributed by atoms with E-state index in [0.29, 0.717) is 50.5 Å². The third-order valence-electron chi connectivity index (χ3n) is 9.43. The van der Waals surface area contributed by atoms with E-state index in [-0.39, 0.29) is 53.7 Å². The van der Waals surface area contributed by atoms with E-state index in [4.69, 9.17) is 0 Å². The fourth-order valence-electron chi connectivity index (χ4n) is 7.39. The second-order valence-corrected chi connectivity index (χ2v) is 15.2. The van der Waals surface area contributed by atoms with E-state index < -0.39 is 23.2 Å². The van der Waals surface area contributed by atoms with Gasteiger partial charge in [0.2, 0.25) is 17.7 Å². The van der Waals surface area contributed by atoms with Gasteiger partial charge in [0.05, 0.1) is 5.92 Å². The number of amides is 3. The zero-order chi connectivity index (χ0) is 33.4. The van der Waals surface area contributed by atoms with Crippen molar-refractivity contribution in [2.75, 3.05) is 6.54 Å². The minimum absolute atomic E-state index is 0. The van der Waals surface area contributed by atoms with Crippen molar-refractivity contribution in [3.8, 4) is 0 Å². The molecule has 0 aliphatic carbocycles. The Kier molecular flexibility index (Phi) is 15.7. The fourth-order valence-corrected chi connectivity index (χ4v) is 7.39. The predicted molar refractivity (Wildman–Crippen MR) is 196 cm³/mol. The van der Waals surface area contributed by atoms with Gasteiger partial charge in [-0.3, -0.25) is 14.4 Å². The Hall–Kier alpha value is -1.98. The van der Waals surface area contributed by atoms with Crippen LogP contribution in [0.3, 0.4) is 0 Å². The molecule has 260 valence electrons. The molecule has 0 radical (unpaired) electrons. The number of hydrogen-bond acceptors (Lipinski definition) is 5. The lowest BCUT2D eigenvalue weighted by Crippen LogP contribution is -2.64. The number of carbonyl (C=O) groups is 3. The van der Waals surface area contributed by atoms with Crippen LogP contribution in [0.4, 0.5) is 0 Å². The van der Waals surface area contributed by atoms with Gasteiger partial charge in [-0.2, -0.15) is 5.06 Å². The number of benzene rings is 1. The lowest BCUT2D eigenvalue weighted by Gasteiger charge is -2.51. The van der Waals surface area contributed by atoms with Crippen LogP contribution >= 0.6 is 24.0 Å². The number of allylic oxidation sites excluding steroid dienone is 1. The number of nitrogens with zero attached hydrogens (tertiary/aromatic N) is 2. The summed E-state index contributed by atoms with van der Waals surface area (Å²) < 4.78 is 0. The zero-order valence-electron chi connectivity index (χ0n) is 29.6. The van der Waals surface area contributed by atoms with Crippen LogP contribution in [0.5, 0.6) is 0 Å². The number of rotatable bonds is 14. The van der Waals surface area contributed by atoms with E-state index in [1.165, 1.54) is 5.06 Å². The molecular formula is C37H61IN4O4. The van der Waals surface area contributed by atoms with Gasteiger partial charge in [-0.25, -0.2) is 0 Å². The quantitative estimate of drug-likeness (QED) is 0.142. The Morgan fingerprint density at radius 1 is 1.02 bits per heavy atom. The minimum atomic E-state index is -0.676. The van der Waals surface area contributed by atoms with E-state index in [1.807, 2.05) is 64.1 Å². The van der Waals surface area contributed by atoms with Gasteiger partial charge in [-0.1, -0.05) is 83.0 Å². The summed E-state index contributed by atoms with van der Waals surface area (Å²) >= 11 is 0. The molecule has 3 N–H and O–H groups in total. The van der Waals surface area contributed by atoms with E-state index in [2.05, 4.69) is 44.4 Å². The van der Waals surface area contributed by atoms with Crippen molar-refractivity contribution in [1.82, 2.24) is 20.6 Å². The van der Waals surface area contributed by atoms with Crippen molar-refractivity contribution < 1.29 is 19.6 Å². The Morgan fingerprint density at radius 2 is 1.65 bits per heavy atom. The maximum absolute atomic E-state index is 14.1. The van der Waals surface area contributed by atoms with Crippen LogP contribution in [0.1, 0.15) is 112 Å². The van der Waals surface area contributed by atoms with Crippen LogP contribution in [-0.4, -0.2) is 68.6 Å². The molecule has 4 atom stereocenters. The highest BCUT2D eigenvalue weighted by Crippen LogP contribution is 2.36. The Bertz CT molecular complexity index is 1140. The summed E-state index contributed by atoms with van der Waals surface area (Å²) in [4.78, 5) is 43.3. The molecule has 2 fully saturated rings. The van der Waals surface area contributed by atoms with Gasteiger partial charge in [0.15, 0.2) is 0 Å². The van der Waals surface area contributed by atoms with Crippen LogP contribution in [0.15, 0.2) is 42.5 Å². The molecule has 0 aromatic heterocycles. The second kappa shape index (κ2) is 18.0. The molecule has 1 aromatic carbocycles. The lowest BCUT2D eigenvalue weighted by molar-refractivity contribution is -0.246. The number of likely N-dealkylation sites (tertiary alicyclic amines) is 1. The molecule has 2 heterocycles. The molecule has 9 heteroatoms. The highest BCUT2D eigenvalue weighted by atomic mass is 127. The summed E-state index contributed by atoms with van der Waals surface area (Å²) in [5, 5.41) is 18.3. The van der Waals surface area contributed by atoms with Crippen molar-refractivity contribution in [3.05, 3.63) is 48.0 Å². The largest absolute Gasteiger partial charge is 0.351 e. The molecule has 1 aromatic rings. The topological polar surface area (TPSA) is 102 Å². The summed E-state index contributed by atoms with van der Waals surface area (Å²) in [7, 11) is 0. The van der Waals surface area contributed by atoms with Crippen molar-refractivity contribution in [3.63, 3.8) is 0 Å². The average molecular weight is 753 g/mol. The lowest BCUT2D eigenvalue weighted by atomic mass is 9.79. The standard InChI is InChI=1S/C37H60N4O4.HI/c1-9-10-17-31(33(42)38-30-24-36(5,6)41(45)37(7,8)25-30)39-34(43)32-18-14-21-40(32)35(44)29(20-19-27(4)22-26(2)3)23-28-15-12-11-13-16-28;/h11-13,15-16,19-20,26-27,29-32,45H,9-10,14,17-18,21-25H2,1-8H3,(H,38,42)(H,39,43);1H/b20-19+;/t27-,29-,31+,32+;/m1./s1. The van der Waals surface area contributed by atoms with Crippen LogP contribution < -0.4 is 10.6 Å². The number of nitrogens with one attached hydrogen (secondary N) is 2. The first kappa shape index (κ1) is 40.2. The van der Waals surface area contributed by atoms with Crippen molar-refractivity contribution >= 4 is 41.7 Å². The normalized spacial score (nSPS) is 21.9. The van der Waals surface area contributed by atoms with Gasteiger partial charge in [0, 0.05) is 23.7 Å². The highest BCUT2D eigenvalue weighted by Gasteiger charge is 2.46. The SMILES string of the molecule is CCCC[C@H](NC(=O)[C@@H]1CCCN1C(=O)[C@H](/C=C/[C@@H](C)CC(C)C)Cc1ccccc1)C(=O)NC1CC(C)(C)N(O)C(C)(C)C1.I. The second-order valence-electron chi connectivity index (χ2n) is 15.2. The first-order chi connectivity index (χ1) is 21.1. The van der Waals surface area contributed by atoms with Crippen molar-refractivity contribution in [1.29, 1.82) is 0 Å². The smallest absolute Gasteiger partial charge is 0.243 e. The fraction of sp³-hybridized carbons (Fsp3) is 0.703. The number of unbranched alkanes of at least 4 members (excludes halogenated alkanes) is 1. The number of carbonyl (C=O) groups excluding carboxylic acids is 3. The first-order valence-corrected chi connectivity index (χ1v) is 17.3. The van der Waals surface area contributed by atoms with Crippen LogP contribution in [0.25, 0.3) is 0 Å². The van der Waals surface area contributed by atoms with E-state index in [9.17, 15) is 19.6 Å². The Morgan fingerprint density at radius 3 is 2.24 bits per heavy atom. The van der Waals surface area contributed by atoms with Crippen LogP contribution in [-0.2, 0) is 20.8 Å². The molecular weight excluding hydrogens is 691 g/mol. The maximum Gasteiger partial charge on any atom is 0.243 e. The number of piperidine rings is 1. The number of hydrogen-bond donors (Lipinski definition) is 3. The van der Waals surface area contributed by atoms with Gasteiger partial charge in [0.1, 0.15) is 12.1 Å². The number of halogens is 1. The molecule has 2 aliphatic heterocycles. The molecule has 0 saturated carbocycles. The van der Waals surface area contributed by atoms with E-state index >= 15 is 0 Å². The first-order valence-electron chi connectivity index (χ1n) is 17.3. The molecule has 8 nitrogen and oxygen atoms in total. The summed E-state index contributed by atoms with van der Waals surface area (Å²) in [6.07, 6.45) is 10.6. The van der Waals surface area contributed by atoms with Crippen LogP contribution in [0.2, 0.25) is 0 Å². The van der Waals surface area contributed by atoms with Crippen molar-refractivity contribution in [2.24, 2.45) is 17.8 Å².